The molecule has 1 heterocycles. The highest BCUT2D eigenvalue weighted by atomic mass is 127. The fourth-order valence-electron chi connectivity index (χ4n) is 2.56. The summed E-state index contributed by atoms with van der Waals surface area (Å²) in [7, 11) is 0. The van der Waals surface area contributed by atoms with Crippen LogP contribution in [0.4, 0.5) is 0 Å². The normalized spacial score (nSPS) is 18.2. The molecule has 1 fully saturated rings. The smallest absolute Gasteiger partial charge is 0.162 e. The van der Waals surface area contributed by atoms with Crippen LogP contribution in [0.3, 0.4) is 0 Å². The molecule has 100 valence electrons. The second-order valence-corrected chi connectivity index (χ2v) is 6.02. The summed E-state index contributed by atoms with van der Waals surface area (Å²) in [6, 6.07) is 0. The zero-order valence-corrected chi connectivity index (χ0v) is 13.7. The van der Waals surface area contributed by atoms with Crippen LogP contribution in [0.2, 0.25) is 5.15 Å². The van der Waals surface area contributed by atoms with E-state index in [9.17, 15) is 0 Å². The van der Waals surface area contributed by atoms with E-state index in [1.165, 1.54) is 12.8 Å². The molecule has 0 aliphatic heterocycles. The van der Waals surface area contributed by atoms with E-state index in [1.807, 2.05) is 6.92 Å². The Hall–Kier alpha value is 0.0600. The predicted octanol–water partition coefficient (Wildman–Crippen LogP) is 4.10. The molecule has 1 aromatic rings. The van der Waals surface area contributed by atoms with Gasteiger partial charge in [-0.3, -0.25) is 0 Å². The molecule has 0 aromatic carbocycles. The Bertz CT molecular complexity index is 433. The second-order valence-electron chi connectivity index (χ2n) is 4.59. The highest BCUT2D eigenvalue weighted by Gasteiger charge is 2.39. The summed E-state index contributed by atoms with van der Waals surface area (Å²) < 4.78 is 6.95. The molecule has 0 spiro atoms. The standard InChI is InChI=1S/C13H18ClIN2O/c1-3-9-10(15)11(14)17-12(16-9)13(18-4-2)7-5-6-8-13/h3-8H2,1-2H3. The van der Waals surface area contributed by atoms with Gasteiger partial charge in [0.1, 0.15) is 10.8 Å². The van der Waals surface area contributed by atoms with E-state index in [2.05, 4.69) is 34.5 Å². The molecule has 0 atom stereocenters. The van der Waals surface area contributed by atoms with E-state index in [4.69, 9.17) is 21.3 Å². The van der Waals surface area contributed by atoms with Gasteiger partial charge in [0.25, 0.3) is 0 Å². The van der Waals surface area contributed by atoms with Crippen LogP contribution in [0.1, 0.15) is 51.0 Å². The maximum atomic E-state index is 6.22. The minimum Gasteiger partial charge on any atom is -0.367 e. The van der Waals surface area contributed by atoms with Crippen LogP contribution in [0, 0.1) is 3.57 Å². The minimum absolute atomic E-state index is 0.299. The number of nitrogens with zero attached hydrogens (tertiary/aromatic N) is 2. The average Bonchev–Trinajstić information content (AvgIpc) is 2.82. The Morgan fingerprint density at radius 2 is 1.94 bits per heavy atom. The van der Waals surface area contributed by atoms with Crippen molar-refractivity contribution in [3.05, 3.63) is 20.2 Å². The first-order chi connectivity index (χ1) is 8.63. The van der Waals surface area contributed by atoms with E-state index in [0.717, 1.165) is 34.4 Å². The lowest BCUT2D eigenvalue weighted by Gasteiger charge is -2.27. The van der Waals surface area contributed by atoms with Crippen LogP contribution in [0.15, 0.2) is 0 Å². The van der Waals surface area contributed by atoms with E-state index in [1.54, 1.807) is 0 Å². The maximum Gasteiger partial charge on any atom is 0.162 e. The van der Waals surface area contributed by atoms with E-state index >= 15 is 0 Å². The molecule has 2 rings (SSSR count). The third-order valence-corrected chi connectivity index (χ3v) is 5.18. The summed E-state index contributed by atoms with van der Waals surface area (Å²) in [6.07, 6.45) is 5.22. The van der Waals surface area contributed by atoms with Gasteiger partial charge in [-0.1, -0.05) is 18.5 Å². The van der Waals surface area contributed by atoms with E-state index in [0.29, 0.717) is 11.8 Å². The van der Waals surface area contributed by atoms with Crippen molar-refractivity contribution in [1.29, 1.82) is 0 Å². The number of ether oxygens (including phenoxy) is 1. The zero-order valence-electron chi connectivity index (χ0n) is 10.8. The largest absolute Gasteiger partial charge is 0.367 e. The molecule has 1 aliphatic rings. The molecule has 1 saturated carbocycles. The molecule has 0 N–H and O–H groups in total. The van der Waals surface area contributed by atoms with Gasteiger partial charge in [-0.25, -0.2) is 9.97 Å². The lowest BCUT2D eigenvalue weighted by atomic mass is 10.0. The Morgan fingerprint density at radius 3 is 2.50 bits per heavy atom. The van der Waals surface area contributed by atoms with Crippen LogP contribution >= 0.6 is 34.2 Å². The van der Waals surface area contributed by atoms with Crippen molar-refractivity contribution in [3.63, 3.8) is 0 Å². The molecule has 0 saturated heterocycles. The van der Waals surface area contributed by atoms with Crippen LogP contribution in [-0.2, 0) is 16.8 Å². The van der Waals surface area contributed by atoms with Crippen LogP contribution in [0.25, 0.3) is 0 Å². The molecule has 1 aromatic heterocycles. The first-order valence-corrected chi connectivity index (χ1v) is 7.95. The Kier molecular flexibility index (Phi) is 4.83. The first kappa shape index (κ1) is 14.5. The molecule has 18 heavy (non-hydrogen) atoms. The Balaban J connectivity index is 2.45. The maximum absolute atomic E-state index is 6.22. The van der Waals surface area contributed by atoms with Gasteiger partial charge in [-0.2, -0.15) is 0 Å². The highest BCUT2D eigenvalue weighted by molar-refractivity contribution is 14.1. The van der Waals surface area contributed by atoms with Gasteiger partial charge >= 0.3 is 0 Å². The van der Waals surface area contributed by atoms with Crippen LogP contribution in [0.5, 0.6) is 0 Å². The third-order valence-electron chi connectivity index (χ3n) is 3.45. The fourth-order valence-corrected chi connectivity index (χ4v) is 3.37. The second kappa shape index (κ2) is 6.01. The summed E-state index contributed by atoms with van der Waals surface area (Å²) in [5.74, 6) is 0.782. The van der Waals surface area contributed by atoms with Gasteiger partial charge in [-0.05, 0) is 61.6 Å². The van der Waals surface area contributed by atoms with E-state index in [-0.39, 0.29) is 5.60 Å². The van der Waals surface area contributed by atoms with Crippen molar-refractivity contribution >= 4 is 34.2 Å². The molecule has 5 heteroatoms. The third kappa shape index (κ3) is 2.65. The van der Waals surface area contributed by atoms with Crippen molar-refractivity contribution in [2.24, 2.45) is 0 Å². The Labute approximate surface area is 127 Å². The summed E-state index contributed by atoms with van der Waals surface area (Å²) in [4.78, 5) is 9.17. The lowest BCUT2D eigenvalue weighted by molar-refractivity contribution is -0.0458. The average molecular weight is 381 g/mol. The van der Waals surface area contributed by atoms with Crippen molar-refractivity contribution in [2.45, 2.75) is 51.6 Å². The van der Waals surface area contributed by atoms with Crippen LogP contribution in [-0.4, -0.2) is 16.6 Å². The zero-order chi connectivity index (χ0) is 13.2. The summed E-state index contributed by atoms with van der Waals surface area (Å²) >= 11 is 8.44. The summed E-state index contributed by atoms with van der Waals surface area (Å²) in [5.41, 5.74) is 0.726. The quantitative estimate of drug-likeness (QED) is 0.582. The van der Waals surface area contributed by atoms with Crippen molar-refractivity contribution in [2.75, 3.05) is 6.61 Å². The SMILES string of the molecule is CCOC1(c2nc(Cl)c(I)c(CC)n2)CCCC1. The monoisotopic (exact) mass is 380 g/mol. The minimum atomic E-state index is -0.299. The number of hydrogen-bond acceptors (Lipinski definition) is 3. The molecular weight excluding hydrogens is 363 g/mol. The summed E-state index contributed by atoms with van der Waals surface area (Å²) in [5, 5.41) is 0.559. The number of rotatable bonds is 4. The summed E-state index contributed by atoms with van der Waals surface area (Å²) in [6.45, 7) is 4.80. The molecular formula is C13H18ClIN2O. The molecule has 0 amide bonds. The topological polar surface area (TPSA) is 35.0 Å². The molecule has 1 aliphatic carbocycles. The van der Waals surface area contributed by atoms with Gasteiger partial charge in [0.05, 0.1) is 9.26 Å². The number of halogens is 2. The van der Waals surface area contributed by atoms with Gasteiger partial charge in [0.15, 0.2) is 5.82 Å². The van der Waals surface area contributed by atoms with Gasteiger partial charge < -0.3 is 4.74 Å². The van der Waals surface area contributed by atoms with Gasteiger partial charge in [0, 0.05) is 6.61 Å². The number of aromatic nitrogens is 2. The van der Waals surface area contributed by atoms with Crippen molar-refractivity contribution in [3.8, 4) is 0 Å². The van der Waals surface area contributed by atoms with E-state index < -0.39 is 0 Å². The molecule has 0 bridgehead atoms. The Morgan fingerprint density at radius 1 is 1.28 bits per heavy atom. The molecule has 3 nitrogen and oxygen atoms in total. The predicted molar refractivity (Wildman–Crippen MR) is 80.9 cm³/mol. The van der Waals surface area contributed by atoms with Crippen LogP contribution < -0.4 is 0 Å². The van der Waals surface area contributed by atoms with Gasteiger partial charge in [0.2, 0.25) is 0 Å². The van der Waals surface area contributed by atoms with Crippen molar-refractivity contribution in [1.82, 2.24) is 9.97 Å². The highest BCUT2D eigenvalue weighted by Crippen LogP contribution is 2.41. The fraction of sp³-hybridized carbons (Fsp3) is 0.692. The van der Waals surface area contributed by atoms with Gasteiger partial charge in [-0.15, -0.1) is 0 Å². The number of aryl methyl sites for hydroxylation is 1. The molecule has 0 unspecified atom stereocenters. The lowest BCUT2D eigenvalue weighted by Crippen LogP contribution is -2.29. The first-order valence-electron chi connectivity index (χ1n) is 6.49. The number of hydrogen-bond donors (Lipinski definition) is 0. The molecule has 0 radical (unpaired) electrons. The van der Waals surface area contributed by atoms with Crippen molar-refractivity contribution < 1.29 is 4.74 Å².